The summed E-state index contributed by atoms with van der Waals surface area (Å²) in [5.74, 6) is 1.44. The maximum atomic E-state index is 6.47. The molecule has 0 spiro atoms. The summed E-state index contributed by atoms with van der Waals surface area (Å²) >= 11 is 0. The van der Waals surface area contributed by atoms with Crippen LogP contribution in [0.5, 0.6) is 5.75 Å². The van der Waals surface area contributed by atoms with Crippen molar-refractivity contribution < 1.29 is 9.15 Å². The van der Waals surface area contributed by atoms with Crippen molar-refractivity contribution in [3.63, 3.8) is 0 Å². The lowest BCUT2D eigenvalue weighted by molar-refractivity contribution is 0.343. The normalized spacial score (nSPS) is 12.0. The molecule has 5 nitrogen and oxygen atoms in total. The SMILES string of the molecule is CCOc1cc(N(CC)CC)cc2oc3cc(=Nc4ccccc4)c4ccccc4c-3nc12. The third-order valence-electron chi connectivity index (χ3n) is 5.86. The molecule has 3 aromatic carbocycles. The molecule has 0 saturated heterocycles. The molecule has 1 aliphatic carbocycles. The van der Waals surface area contributed by atoms with E-state index in [1.54, 1.807) is 0 Å². The number of aromatic nitrogens is 1. The van der Waals surface area contributed by atoms with E-state index in [0.29, 0.717) is 18.0 Å². The first-order valence-corrected chi connectivity index (χ1v) is 11.5. The molecule has 0 saturated carbocycles. The lowest BCUT2D eigenvalue weighted by atomic mass is 10.0. The molecule has 0 atom stereocenters. The number of hydrogen-bond acceptors (Lipinski definition) is 5. The molecule has 0 fully saturated rings. The highest BCUT2D eigenvalue weighted by Gasteiger charge is 2.19. The zero-order valence-electron chi connectivity index (χ0n) is 19.2. The highest BCUT2D eigenvalue weighted by molar-refractivity contribution is 5.97. The second-order valence-electron chi connectivity index (χ2n) is 7.85. The molecule has 0 bridgehead atoms. The highest BCUT2D eigenvalue weighted by Crippen LogP contribution is 2.36. The van der Waals surface area contributed by atoms with Gasteiger partial charge in [0, 0.05) is 47.7 Å². The van der Waals surface area contributed by atoms with Crippen LogP contribution in [0.25, 0.3) is 33.3 Å². The molecular formula is C28H27N3O2. The average molecular weight is 438 g/mol. The van der Waals surface area contributed by atoms with Crippen molar-refractivity contribution in [3.8, 4) is 17.2 Å². The summed E-state index contributed by atoms with van der Waals surface area (Å²) in [6.07, 6.45) is 0. The molecule has 0 aromatic heterocycles. The molecule has 0 amide bonds. The van der Waals surface area contributed by atoms with Crippen LogP contribution in [0, 0.1) is 0 Å². The summed E-state index contributed by atoms with van der Waals surface area (Å²) in [6, 6.07) is 24.3. The van der Waals surface area contributed by atoms with E-state index >= 15 is 0 Å². The van der Waals surface area contributed by atoms with Crippen molar-refractivity contribution in [2.75, 3.05) is 24.6 Å². The number of ether oxygens (including phenoxy) is 1. The second kappa shape index (κ2) is 8.94. The first-order valence-electron chi connectivity index (χ1n) is 11.5. The average Bonchev–Trinajstić information content (AvgIpc) is 2.85. The van der Waals surface area contributed by atoms with Gasteiger partial charge < -0.3 is 14.1 Å². The topological polar surface area (TPSA) is 50.9 Å². The number of rotatable bonds is 6. The molecule has 1 aliphatic heterocycles. The fourth-order valence-corrected chi connectivity index (χ4v) is 4.27. The predicted octanol–water partition coefficient (Wildman–Crippen LogP) is 6.56. The number of benzene rings is 4. The number of hydrogen-bond donors (Lipinski definition) is 0. The Hall–Kier alpha value is -3.86. The zero-order valence-corrected chi connectivity index (χ0v) is 19.2. The van der Waals surface area contributed by atoms with Crippen LogP contribution in [0.3, 0.4) is 0 Å². The molecule has 3 aromatic rings. The first-order chi connectivity index (χ1) is 16.2. The summed E-state index contributed by atoms with van der Waals surface area (Å²) < 4.78 is 12.5. The van der Waals surface area contributed by atoms with Crippen LogP contribution in [-0.2, 0) is 0 Å². The van der Waals surface area contributed by atoms with Crippen LogP contribution in [0.1, 0.15) is 20.8 Å². The molecule has 5 rings (SSSR count). The van der Waals surface area contributed by atoms with E-state index in [1.165, 1.54) is 0 Å². The van der Waals surface area contributed by atoms with Gasteiger partial charge in [-0.25, -0.2) is 9.98 Å². The molecule has 0 N–H and O–H groups in total. The minimum atomic E-state index is 0.562. The van der Waals surface area contributed by atoms with E-state index in [4.69, 9.17) is 19.1 Å². The number of anilines is 1. The Morgan fingerprint density at radius 1 is 0.879 bits per heavy atom. The van der Waals surface area contributed by atoms with Crippen LogP contribution in [0.4, 0.5) is 11.4 Å². The first kappa shape index (κ1) is 21.0. The van der Waals surface area contributed by atoms with Crippen LogP contribution in [0.2, 0.25) is 0 Å². The van der Waals surface area contributed by atoms with E-state index < -0.39 is 0 Å². The van der Waals surface area contributed by atoms with Crippen molar-refractivity contribution in [2.24, 2.45) is 4.99 Å². The van der Waals surface area contributed by atoms with E-state index in [-0.39, 0.29) is 0 Å². The maximum absolute atomic E-state index is 6.47. The maximum Gasteiger partial charge on any atom is 0.159 e. The van der Waals surface area contributed by atoms with Gasteiger partial charge in [-0.05, 0) is 32.9 Å². The predicted molar refractivity (Wildman–Crippen MR) is 135 cm³/mol. The van der Waals surface area contributed by atoms with Gasteiger partial charge in [-0.2, -0.15) is 0 Å². The van der Waals surface area contributed by atoms with Crippen LogP contribution >= 0.6 is 0 Å². The Morgan fingerprint density at radius 3 is 2.33 bits per heavy atom. The fraction of sp³-hybridized carbons (Fsp3) is 0.214. The summed E-state index contributed by atoms with van der Waals surface area (Å²) in [6.45, 7) is 8.65. The lowest BCUT2D eigenvalue weighted by Gasteiger charge is -2.22. The Bertz CT molecular complexity index is 1450. The van der Waals surface area contributed by atoms with Gasteiger partial charge in [-0.3, -0.25) is 0 Å². The summed E-state index contributed by atoms with van der Waals surface area (Å²) in [4.78, 5) is 12.2. The minimum Gasteiger partial charge on any atom is -0.491 e. The summed E-state index contributed by atoms with van der Waals surface area (Å²) in [5.41, 5.74) is 4.21. The van der Waals surface area contributed by atoms with Gasteiger partial charge in [-0.1, -0.05) is 42.5 Å². The van der Waals surface area contributed by atoms with E-state index in [0.717, 1.165) is 57.6 Å². The van der Waals surface area contributed by atoms with E-state index in [2.05, 4.69) is 43.0 Å². The monoisotopic (exact) mass is 437 g/mol. The number of nitrogens with zero attached hydrogens (tertiary/aromatic N) is 3. The molecule has 166 valence electrons. The van der Waals surface area contributed by atoms with Crippen molar-refractivity contribution in [3.05, 3.63) is 78.2 Å². The molecule has 2 aliphatic rings. The van der Waals surface area contributed by atoms with Gasteiger partial charge >= 0.3 is 0 Å². The quantitative estimate of drug-likeness (QED) is 0.223. The van der Waals surface area contributed by atoms with Gasteiger partial charge in [0.25, 0.3) is 0 Å². The van der Waals surface area contributed by atoms with Gasteiger partial charge in [0.05, 0.1) is 17.7 Å². The largest absolute Gasteiger partial charge is 0.491 e. The minimum absolute atomic E-state index is 0.562. The van der Waals surface area contributed by atoms with Gasteiger partial charge in [0.15, 0.2) is 17.1 Å². The van der Waals surface area contributed by atoms with Crippen molar-refractivity contribution in [1.29, 1.82) is 0 Å². The van der Waals surface area contributed by atoms with Crippen LogP contribution in [-0.4, -0.2) is 24.7 Å². The Balaban J connectivity index is 1.84. The molecule has 33 heavy (non-hydrogen) atoms. The van der Waals surface area contributed by atoms with Crippen molar-refractivity contribution in [1.82, 2.24) is 4.98 Å². The third kappa shape index (κ3) is 3.91. The Morgan fingerprint density at radius 2 is 1.61 bits per heavy atom. The van der Waals surface area contributed by atoms with Gasteiger partial charge in [0.2, 0.25) is 0 Å². The smallest absolute Gasteiger partial charge is 0.159 e. The summed E-state index contributed by atoms with van der Waals surface area (Å²) in [5, 5.41) is 2.90. The number of para-hydroxylation sites is 1. The molecule has 1 heterocycles. The van der Waals surface area contributed by atoms with Crippen molar-refractivity contribution in [2.45, 2.75) is 20.8 Å². The molecule has 5 heteroatoms. The second-order valence-corrected chi connectivity index (χ2v) is 7.85. The Kier molecular flexibility index (Phi) is 5.69. The third-order valence-corrected chi connectivity index (χ3v) is 5.86. The molecule has 0 unspecified atom stereocenters. The molecule has 0 radical (unpaired) electrons. The van der Waals surface area contributed by atoms with Crippen LogP contribution in [0.15, 0.2) is 82.2 Å². The van der Waals surface area contributed by atoms with Crippen LogP contribution < -0.4 is 15.0 Å². The zero-order chi connectivity index (χ0) is 22.8. The van der Waals surface area contributed by atoms with E-state index in [9.17, 15) is 0 Å². The van der Waals surface area contributed by atoms with Gasteiger partial charge in [-0.15, -0.1) is 0 Å². The van der Waals surface area contributed by atoms with E-state index in [1.807, 2.05) is 55.5 Å². The Labute approximate surface area is 193 Å². The van der Waals surface area contributed by atoms with Crippen molar-refractivity contribution >= 4 is 33.2 Å². The van der Waals surface area contributed by atoms with Gasteiger partial charge in [0.1, 0.15) is 11.2 Å². The molecular weight excluding hydrogens is 410 g/mol. The standard InChI is InChI=1S/C28H27N3O2/c1-4-31(5-2)20-16-24(32-6-3)28-25(17-20)33-26-18-23(29-19-12-8-7-9-13-19)21-14-10-11-15-22(21)27(26)30-28/h7-18H,4-6H2,1-3H3. The lowest BCUT2D eigenvalue weighted by Crippen LogP contribution is -2.21. The summed E-state index contributed by atoms with van der Waals surface area (Å²) in [7, 11) is 0. The number of fused-ring (bicyclic) bond motifs is 4. The highest BCUT2D eigenvalue weighted by atomic mass is 16.5. The fourth-order valence-electron chi connectivity index (χ4n) is 4.27.